The van der Waals surface area contributed by atoms with Gasteiger partial charge in [-0.05, 0) is 23.6 Å². The lowest BCUT2D eigenvalue weighted by molar-refractivity contribution is -0.100. The van der Waals surface area contributed by atoms with E-state index in [1.807, 2.05) is 50.3 Å². The van der Waals surface area contributed by atoms with Gasteiger partial charge in [0.2, 0.25) is 10.0 Å². The van der Waals surface area contributed by atoms with Crippen molar-refractivity contribution in [3.05, 3.63) is 35.9 Å². The van der Waals surface area contributed by atoms with Crippen LogP contribution in [-0.4, -0.2) is 52.1 Å². The van der Waals surface area contributed by atoms with Crippen molar-refractivity contribution in [2.45, 2.75) is 25.1 Å². The Balaban J connectivity index is 2.12. The zero-order valence-electron chi connectivity index (χ0n) is 14.6. The first kappa shape index (κ1) is 18.9. The van der Waals surface area contributed by atoms with Gasteiger partial charge in [-0.1, -0.05) is 38.1 Å². The van der Waals surface area contributed by atoms with E-state index in [0.717, 1.165) is 11.3 Å². The van der Waals surface area contributed by atoms with Crippen molar-refractivity contribution < 1.29 is 18.0 Å². The molecule has 6 nitrogen and oxygen atoms in total. The van der Waals surface area contributed by atoms with Gasteiger partial charge in [-0.2, -0.15) is 5.06 Å². The van der Waals surface area contributed by atoms with Crippen LogP contribution in [0.5, 0.6) is 5.75 Å². The molecule has 0 bridgehead atoms. The molecule has 2 rings (SSSR count). The fraction of sp³-hybridized carbons (Fsp3) is 0.529. The maximum Gasteiger partial charge on any atom is 0.218 e. The SMILES string of the molecule is COc1ccc(/C=C/[C@H]2[C@@H](S(=O)(=O)NCC(C)C)CON2C)cc1. The average Bonchev–Trinajstić information content (AvgIpc) is 2.93. The van der Waals surface area contributed by atoms with Gasteiger partial charge < -0.3 is 4.74 Å². The first-order chi connectivity index (χ1) is 11.3. The summed E-state index contributed by atoms with van der Waals surface area (Å²) in [6.45, 7) is 4.53. The van der Waals surface area contributed by atoms with Gasteiger partial charge in [-0.25, -0.2) is 13.1 Å². The Bertz CT molecular complexity index is 656. The monoisotopic (exact) mass is 354 g/mol. The van der Waals surface area contributed by atoms with Crippen LogP contribution in [0.25, 0.3) is 6.08 Å². The first-order valence-electron chi connectivity index (χ1n) is 8.00. The Morgan fingerprint density at radius 2 is 2.04 bits per heavy atom. The highest BCUT2D eigenvalue weighted by atomic mass is 32.2. The molecule has 1 aliphatic heterocycles. The van der Waals surface area contributed by atoms with Crippen molar-refractivity contribution in [2.24, 2.45) is 5.92 Å². The number of nitrogens with one attached hydrogen (secondary N) is 1. The molecule has 1 N–H and O–H groups in total. The summed E-state index contributed by atoms with van der Waals surface area (Å²) in [5.41, 5.74) is 0.974. The normalized spacial score (nSPS) is 22.5. The van der Waals surface area contributed by atoms with E-state index >= 15 is 0 Å². The molecule has 7 heteroatoms. The molecule has 1 aromatic carbocycles. The van der Waals surface area contributed by atoms with E-state index in [-0.39, 0.29) is 18.6 Å². The molecule has 1 aliphatic rings. The summed E-state index contributed by atoms with van der Waals surface area (Å²) < 4.78 is 32.9. The maximum absolute atomic E-state index is 12.5. The zero-order chi connectivity index (χ0) is 17.7. The molecule has 1 saturated heterocycles. The summed E-state index contributed by atoms with van der Waals surface area (Å²) in [6.07, 6.45) is 3.77. The number of nitrogens with zero attached hydrogens (tertiary/aromatic N) is 1. The smallest absolute Gasteiger partial charge is 0.218 e. The van der Waals surface area contributed by atoms with Gasteiger partial charge in [0.15, 0.2) is 0 Å². The number of likely N-dealkylation sites (N-methyl/N-ethyl adjacent to an activating group) is 1. The fourth-order valence-electron chi connectivity index (χ4n) is 2.44. The molecule has 0 radical (unpaired) electrons. The lowest BCUT2D eigenvalue weighted by Crippen LogP contribution is -2.43. The molecule has 0 unspecified atom stereocenters. The van der Waals surface area contributed by atoms with Gasteiger partial charge >= 0.3 is 0 Å². The third kappa shape index (κ3) is 4.80. The van der Waals surface area contributed by atoms with E-state index in [0.29, 0.717) is 6.54 Å². The lowest BCUT2D eigenvalue weighted by atomic mass is 10.1. The van der Waals surface area contributed by atoms with E-state index in [1.54, 1.807) is 19.2 Å². The highest BCUT2D eigenvalue weighted by molar-refractivity contribution is 7.90. The first-order valence-corrected chi connectivity index (χ1v) is 9.54. The fourth-order valence-corrected chi connectivity index (χ4v) is 4.09. The van der Waals surface area contributed by atoms with Crippen molar-refractivity contribution >= 4 is 16.1 Å². The second kappa shape index (κ2) is 8.11. The van der Waals surface area contributed by atoms with Crippen molar-refractivity contribution in [2.75, 3.05) is 27.3 Å². The molecule has 0 saturated carbocycles. The second-order valence-electron chi connectivity index (χ2n) is 6.29. The Labute approximate surface area is 144 Å². The van der Waals surface area contributed by atoms with E-state index in [2.05, 4.69) is 4.72 Å². The summed E-state index contributed by atoms with van der Waals surface area (Å²) in [5, 5.41) is 0.968. The van der Waals surface area contributed by atoms with Crippen LogP contribution in [0.15, 0.2) is 30.3 Å². The predicted molar refractivity (Wildman–Crippen MR) is 95.1 cm³/mol. The van der Waals surface area contributed by atoms with Crippen LogP contribution in [0.3, 0.4) is 0 Å². The van der Waals surface area contributed by atoms with E-state index in [4.69, 9.17) is 9.57 Å². The molecular formula is C17H26N2O4S. The maximum atomic E-state index is 12.5. The van der Waals surface area contributed by atoms with Crippen LogP contribution in [0.4, 0.5) is 0 Å². The molecular weight excluding hydrogens is 328 g/mol. The van der Waals surface area contributed by atoms with Crippen molar-refractivity contribution in [3.8, 4) is 5.75 Å². The summed E-state index contributed by atoms with van der Waals surface area (Å²) in [5.74, 6) is 1.04. The summed E-state index contributed by atoms with van der Waals surface area (Å²) >= 11 is 0. The van der Waals surface area contributed by atoms with Gasteiger partial charge in [-0.15, -0.1) is 0 Å². The number of methoxy groups -OCH3 is 1. The van der Waals surface area contributed by atoms with Gasteiger partial charge in [0, 0.05) is 13.6 Å². The third-order valence-electron chi connectivity index (χ3n) is 3.94. The predicted octanol–water partition coefficient (Wildman–Crippen LogP) is 1.90. The molecule has 134 valence electrons. The van der Waals surface area contributed by atoms with Crippen LogP contribution in [0.1, 0.15) is 19.4 Å². The minimum absolute atomic E-state index is 0.154. The number of hydrogen-bond donors (Lipinski definition) is 1. The Kier molecular flexibility index (Phi) is 6.40. The number of hydrogen-bond acceptors (Lipinski definition) is 5. The average molecular weight is 354 g/mol. The highest BCUT2D eigenvalue weighted by Gasteiger charge is 2.40. The Hall–Kier alpha value is -1.41. The molecule has 1 heterocycles. The molecule has 0 amide bonds. The van der Waals surface area contributed by atoms with Crippen LogP contribution in [0, 0.1) is 5.92 Å². The number of ether oxygens (including phenoxy) is 1. The van der Waals surface area contributed by atoms with Gasteiger partial charge in [0.25, 0.3) is 0 Å². The van der Waals surface area contributed by atoms with Crippen molar-refractivity contribution in [3.63, 3.8) is 0 Å². The molecule has 1 fully saturated rings. The minimum Gasteiger partial charge on any atom is -0.497 e. The molecule has 24 heavy (non-hydrogen) atoms. The van der Waals surface area contributed by atoms with Crippen molar-refractivity contribution in [1.82, 2.24) is 9.79 Å². The second-order valence-corrected chi connectivity index (χ2v) is 8.27. The van der Waals surface area contributed by atoms with Crippen molar-refractivity contribution in [1.29, 1.82) is 0 Å². The summed E-state index contributed by atoms with van der Waals surface area (Å²) in [4.78, 5) is 5.44. The number of benzene rings is 1. The largest absolute Gasteiger partial charge is 0.497 e. The number of rotatable bonds is 7. The molecule has 0 aliphatic carbocycles. The van der Waals surface area contributed by atoms with E-state index < -0.39 is 15.3 Å². The van der Waals surface area contributed by atoms with Gasteiger partial charge in [0.05, 0.1) is 19.8 Å². The Morgan fingerprint density at radius 3 is 2.62 bits per heavy atom. The standard InChI is InChI=1S/C17H26N2O4S/c1-13(2)11-18-24(20,21)17-12-23-19(3)16(17)10-7-14-5-8-15(22-4)9-6-14/h5-10,13,16-18H,11-12H2,1-4H3/b10-7+/t16-,17-/m0/s1. The van der Waals surface area contributed by atoms with Crippen LogP contribution in [0.2, 0.25) is 0 Å². The number of sulfonamides is 1. The molecule has 0 spiro atoms. The Morgan fingerprint density at radius 1 is 1.38 bits per heavy atom. The van der Waals surface area contributed by atoms with E-state index in [1.165, 1.54) is 0 Å². The minimum atomic E-state index is -3.44. The molecule has 0 aromatic heterocycles. The van der Waals surface area contributed by atoms with Gasteiger partial charge in [0.1, 0.15) is 11.0 Å². The van der Waals surface area contributed by atoms with Crippen LogP contribution in [-0.2, 0) is 14.9 Å². The van der Waals surface area contributed by atoms with Gasteiger partial charge in [-0.3, -0.25) is 4.84 Å². The quantitative estimate of drug-likeness (QED) is 0.810. The molecule has 2 atom stereocenters. The van der Waals surface area contributed by atoms with E-state index in [9.17, 15) is 8.42 Å². The summed E-state index contributed by atoms with van der Waals surface area (Å²) in [6, 6.07) is 7.24. The van der Waals surface area contributed by atoms with Crippen LogP contribution < -0.4 is 9.46 Å². The zero-order valence-corrected chi connectivity index (χ0v) is 15.4. The lowest BCUT2D eigenvalue weighted by Gasteiger charge is -2.20. The third-order valence-corrected chi connectivity index (χ3v) is 5.72. The highest BCUT2D eigenvalue weighted by Crippen LogP contribution is 2.22. The molecule has 1 aromatic rings. The number of hydroxylamine groups is 2. The van der Waals surface area contributed by atoms with Crippen LogP contribution >= 0.6 is 0 Å². The topological polar surface area (TPSA) is 67.9 Å². The summed E-state index contributed by atoms with van der Waals surface area (Å²) in [7, 11) is -0.0688.